The Kier molecular flexibility index (Phi) is 4.44. The Bertz CT molecular complexity index is 455. The molecule has 104 valence electrons. The number of carbonyl (C=O) groups is 1. The lowest BCUT2D eigenvalue weighted by molar-refractivity contribution is -0.142. The lowest BCUT2D eigenvalue weighted by Crippen LogP contribution is -2.44. The Labute approximate surface area is 111 Å². The van der Waals surface area contributed by atoms with Gasteiger partial charge in [-0.2, -0.15) is 0 Å². The average molecular weight is 268 g/mol. The SMILES string of the molecule is CC(c1cncc(F)c1)N1CCOC(CC(=O)O)C1. The van der Waals surface area contributed by atoms with E-state index in [-0.39, 0.29) is 24.4 Å². The van der Waals surface area contributed by atoms with Crippen molar-refractivity contribution < 1.29 is 19.0 Å². The van der Waals surface area contributed by atoms with Gasteiger partial charge in [0, 0.05) is 25.3 Å². The Morgan fingerprint density at radius 3 is 3.16 bits per heavy atom. The monoisotopic (exact) mass is 268 g/mol. The molecule has 2 rings (SSSR count). The van der Waals surface area contributed by atoms with Gasteiger partial charge in [0.2, 0.25) is 0 Å². The summed E-state index contributed by atoms with van der Waals surface area (Å²) in [5.41, 5.74) is 0.788. The van der Waals surface area contributed by atoms with Crippen molar-refractivity contribution in [3.63, 3.8) is 0 Å². The Balaban J connectivity index is 2.02. The van der Waals surface area contributed by atoms with Crippen LogP contribution < -0.4 is 0 Å². The number of pyridine rings is 1. The molecule has 2 heterocycles. The van der Waals surface area contributed by atoms with Crippen molar-refractivity contribution in [2.75, 3.05) is 19.7 Å². The van der Waals surface area contributed by atoms with Gasteiger partial charge in [-0.3, -0.25) is 14.7 Å². The second-order valence-electron chi connectivity index (χ2n) is 4.70. The largest absolute Gasteiger partial charge is 0.481 e. The maximum Gasteiger partial charge on any atom is 0.306 e. The molecule has 0 aliphatic carbocycles. The summed E-state index contributed by atoms with van der Waals surface area (Å²) in [5.74, 6) is -1.23. The van der Waals surface area contributed by atoms with E-state index < -0.39 is 5.97 Å². The minimum atomic E-state index is -0.869. The zero-order chi connectivity index (χ0) is 13.8. The molecule has 0 spiro atoms. The zero-order valence-electron chi connectivity index (χ0n) is 10.8. The van der Waals surface area contributed by atoms with Crippen LogP contribution in [0, 0.1) is 5.82 Å². The second-order valence-corrected chi connectivity index (χ2v) is 4.70. The molecule has 0 aromatic carbocycles. The topological polar surface area (TPSA) is 62.7 Å². The number of carboxylic acids is 1. The number of aromatic nitrogens is 1. The van der Waals surface area contributed by atoms with Crippen LogP contribution in [0.3, 0.4) is 0 Å². The summed E-state index contributed by atoms with van der Waals surface area (Å²) in [6.45, 7) is 3.68. The van der Waals surface area contributed by atoms with Crippen molar-refractivity contribution in [3.05, 3.63) is 29.8 Å². The van der Waals surface area contributed by atoms with Crippen molar-refractivity contribution >= 4 is 5.97 Å². The summed E-state index contributed by atoms with van der Waals surface area (Å²) < 4.78 is 18.6. The van der Waals surface area contributed by atoms with Crippen LogP contribution in [-0.4, -0.2) is 46.8 Å². The highest BCUT2D eigenvalue weighted by atomic mass is 19.1. The van der Waals surface area contributed by atoms with Gasteiger partial charge in [-0.1, -0.05) is 0 Å². The maximum atomic E-state index is 13.2. The van der Waals surface area contributed by atoms with Crippen LogP contribution in [0.25, 0.3) is 0 Å². The van der Waals surface area contributed by atoms with E-state index in [1.165, 1.54) is 12.3 Å². The van der Waals surface area contributed by atoms with Crippen LogP contribution in [0.5, 0.6) is 0 Å². The van der Waals surface area contributed by atoms with Gasteiger partial charge >= 0.3 is 5.97 Å². The van der Waals surface area contributed by atoms with Crippen molar-refractivity contribution in [3.8, 4) is 0 Å². The number of ether oxygens (including phenoxy) is 1. The van der Waals surface area contributed by atoms with Crippen LogP contribution in [-0.2, 0) is 9.53 Å². The predicted molar refractivity (Wildman–Crippen MR) is 66.2 cm³/mol. The Hall–Kier alpha value is -1.53. The molecule has 2 atom stereocenters. The van der Waals surface area contributed by atoms with E-state index in [2.05, 4.69) is 9.88 Å². The number of halogens is 1. The third-order valence-electron chi connectivity index (χ3n) is 3.33. The number of morpholine rings is 1. The van der Waals surface area contributed by atoms with Crippen molar-refractivity contribution in [2.24, 2.45) is 0 Å². The fraction of sp³-hybridized carbons (Fsp3) is 0.538. The molecule has 19 heavy (non-hydrogen) atoms. The van der Waals surface area contributed by atoms with Crippen molar-refractivity contribution in [1.82, 2.24) is 9.88 Å². The number of rotatable bonds is 4. The minimum absolute atomic E-state index is 0.00930. The summed E-state index contributed by atoms with van der Waals surface area (Å²) in [6.07, 6.45) is 2.48. The van der Waals surface area contributed by atoms with Crippen LogP contribution in [0.1, 0.15) is 24.9 Å². The molecule has 2 unspecified atom stereocenters. The number of hydrogen-bond donors (Lipinski definition) is 1. The zero-order valence-corrected chi connectivity index (χ0v) is 10.8. The summed E-state index contributed by atoms with van der Waals surface area (Å²) >= 11 is 0. The molecule has 1 aliphatic rings. The number of carboxylic acid groups (broad SMARTS) is 1. The second kappa shape index (κ2) is 6.08. The molecule has 1 saturated heterocycles. The molecule has 0 saturated carbocycles. The molecule has 1 aliphatic heterocycles. The summed E-state index contributed by atoms with van der Waals surface area (Å²) in [7, 11) is 0. The van der Waals surface area contributed by atoms with Gasteiger partial charge in [-0.05, 0) is 18.6 Å². The predicted octanol–water partition coefficient (Wildman–Crippen LogP) is 1.46. The maximum absolute atomic E-state index is 13.2. The third kappa shape index (κ3) is 3.71. The van der Waals surface area contributed by atoms with Gasteiger partial charge < -0.3 is 9.84 Å². The number of nitrogens with zero attached hydrogens (tertiary/aromatic N) is 2. The molecule has 1 fully saturated rings. The van der Waals surface area contributed by atoms with E-state index >= 15 is 0 Å². The molecular formula is C13H17FN2O3. The van der Waals surface area contributed by atoms with E-state index in [9.17, 15) is 9.18 Å². The van der Waals surface area contributed by atoms with Crippen LogP contribution in [0.15, 0.2) is 18.5 Å². The molecule has 6 heteroatoms. The number of aliphatic carboxylic acids is 1. The van der Waals surface area contributed by atoms with E-state index in [1.54, 1.807) is 6.20 Å². The van der Waals surface area contributed by atoms with Gasteiger partial charge in [0.1, 0.15) is 5.82 Å². The first-order chi connectivity index (χ1) is 9.06. The smallest absolute Gasteiger partial charge is 0.306 e. The molecule has 0 amide bonds. The summed E-state index contributed by atoms with van der Waals surface area (Å²) in [4.78, 5) is 16.6. The first kappa shape index (κ1) is 13.9. The molecule has 0 bridgehead atoms. The molecule has 0 radical (unpaired) electrons. The van der Waals surface area contributed by atoms with Gasteiger partial charge in [-0.25, -0.2) is 4.39 Å². The van der Waals surface area contributed by atoms with Crippen LogP contribution >= 0.6 is 0 Å². The fourth-order valence-electron chi connectivity index (χ4n) is 2.28. The molecular weight excluding hydrogens is 251 g/mol. The van der Waals surface area contributed by atoms with Crippen molar-refractivity contribution in [1.29, 1.82) is 0 Å². The molecule has 1 aromatic rings. The van der Waals surface area contributed by atoms with Gasteiger partial charge in [0.25, 0.3) is 0 Å². The summed E-state index contributed by atoms with van der Waals surface area (Å²) in [6, 6.07) is 1.45. The van der Waals surface area contributed by atoms with E-state index in [0.29, 0.717) is 19.7 Å². The first-order valence-electron chi connectivity index (χ1n) is 6.24. The van der Waals surface area contributed by atoms with E-state index in [4.69, 9.17) is 9.84 Å². The van der Waals surface area contributed by atoms with Gasteiger partial charge in [0.05, 0.1) is 25.3 Å². The molecule has 1 aromatic heterocycles. The van der Waals surface area contributed by atoms with Crippen molar-refractivity contribution in [2.45, 2.75) is 25.5 Å². The quantitative estimate of drug-likeness (QED) is 0.895. The van der Waals surface area contributed by atoms with Crippen LogP contribution in [0.4, 0.5) is 4.39 Å². The van der Waals surface area contributed by atoms with E-state index in [0.717, 1.165) is 5.56 Å². The Morgan fingerprint density at radius 1 is 1.68 bits per heavy atom. The molecule has 1 N–H and O–H groups in total. The highest BCUT2D eigenvalue weighted by molar-refractivity contribution is 5.67. The molecule has 5 nitrogen and oxygen atoms in total. The fourth-order valence-corrected chi connectivity index (χ4v) is 2.28. The van der Waals surface area contributed by atoms with E-state index in [1.807, 2.05) is 6.92 Å². The van der Waals surface area contributed by atoms with Crippen LogP contribution in [0.2, 0.25) is 0 Å². The standard InChI is InChI=1S/C13H17FN2O3/c1-9(10-4-11(14)7-15-6-10)16-2-3-19-12(8-16)5-13(17)18/h4,6-7,9,12H,2-3,5,8H2,1H3,(H,17,18). The highest BCUT2D eigenvalue weighted by Gasteiger charge is 2.26. The lowest BCUT2D eigenvalue weighted by Gasteiger charge is -2.36. The summed E-state index contributed by atoms with van der Waals surface area (Å²) in [5, 5.41) is 8.79. The average Bonchev–Trinajstić information content (AvgIpc) is 2.37. The third-order valence-corrected chi connectivity index (χ3v) is 3.33. The highest BCUT2D eigenvalue weighted by Crippen LogP contribution is 2.23. The first-order valence-corrected chi connectivity index (χ1v) is 6.24. The van der Waals surface area contributed by atoms with Gasteiger partial charge in [-0.15, -0.1) is 0 Å². The minimum Gasteiger partial charge on any atom is -0.481 e. The number of hydrogen-bond acceptors (Lipinski definition) is 4. The van der Waals surface area contributed by atoms with Gasteiger partial charge in [0.15, 0.2) is 0 Å². The lowest BCUT2D eigenvalue weighted by atomic mass is 10.1. The normalized spacial score (nSPS) is 22.1. The Morgan fingerprint density at radius 2 is 2.47 bits per heavy atom.